The van der Waals surface area contributed by atoms with Gasteiger partial charge < -0.3 is 9.72 Å². The average Bonchev–Trinajstić information content (AvgIpc) is 2.75. The van der Waals surface area contributed by atoms with Gasteiger partial charge >= 0.3 is 0 Å². The molecule has 1 N–H and O–H groups in total. The van der Waals surface area contributed by atoms with E-state index < -0.39 is 0 Å². The first-order valence-corrected chi connectivity index (χ1v) is 5.95. The minimum absolute atomic E-state index is 0.0958. The highest BCUT2D eigenvalue weighted by molar-refractivity contribution is 5.92. The minimum atomic E-state index is -0.0958. The quantitative estimate of drug-likeness (QED) is 0.820. The first kappa shape index (κ1) is 11.6. The summed E-state index contributed by atoms with van der Waals surface area (Å²) in [5.41, 5.74) is 2.36. The SMILES string of the molecule is CCCCNC(=O)c1cn2c(C)cccc2n1. The summed E-state index contributed by atoms with van der Waals surface area (Å²) >= 11 is 0. The third-order valence-electron chi connectivity index (χ3n) is 2.74. The molecule has 0 aliphatic heterocycles. The molecule has 0 aliphatic rings. The Morgan fingerprint density at radius 3 is 3.00 bits per heavy atom. The van der Waals surface area contributed by atoms with Crippen LogP contribution < -0.4 is 5.32 Å². The standard InChI is InChI=1S/C13H17N3O/c1-3-4-8-14-13(17)11-9-16-10(2)6-5-7-12(16)15-11/h5-7,9H,3-4,8H2,1-2H3,(H,14,17). The number of fused-ring (bicyclic) bond motifs is 1. The summed E-state index contributed by atoms with van der Waals surface area (Å²) < 4.78 is 1.93. The lowest BCUT2D eigenvalue weighted by Crippen LogP contribution is -2.24. The maximum absolute atomic E-state index is 11.8. The van der Waals surface area contributed by atoms with Gasteiger partial charge in [0, 0.05) is 18.4 Å². The summed E-state index contributed by atoms with van der Waals surface area (Å²) in [5, 5.41) is 2.87. The lowest BCUT2D eigenvalue weighted by Gasteiger charge is -2.00. The highest BCUT2D eigenvalue weighted by Gasteiger charge is 2.10. The number of pyridine rings is 1. The normalized spacial score (nSPS) is 10.7. The summed E-state index contributed by atoms with van der Waals surface area (Å²) in [6.07, 6.45) is 3.86. The summed E-state index contributed by atoms with van der Waals surface area (Å²) in [4.78, 5) is 16.1. The van der Waals surface area contributed by atoms with Crippen LogP contribution in [0.15, 0.2) is 24.4 Å². The second-order valence-electron chi connectivity index (χ2n) is 4.13. The van der Waals surface area contributed by atoms with Gasteiger partial charge in [-0.3, -0.25) is 4.79 Å². The van der Waals surface area contributed by atoms with Crippen molar-refractivity contribution in [2.24, 2.45) is 0 Å². The van der Waals surface area contributed by atoms with Gasteiger partial charge in [0.15, 0.2) is 0 Å². The van der Waals surface area contributed by atoms with Gasteiger partial charge in [-0.1, -0.05) is 19.4 Å². The number of carbonyl (C=O) groups is 1. The van der Waals surface area contributed by atoms with Crippen LogP contribution in [0.2, 0.25) is 0 Å². The molecule has 0 saturated heterocycles. The molecule has 4 heteroatoms. The Labute approximate surface area is 101 Å². The number of aromatic nitrogens is 2. The van der Waals surface area contributed by atoms with Gasteiger partial charge in [-0.2, -0.15) is 0 Å². The van der Waals surface area contributed by atoms with Crippen LogP contribution in [0.3, 0.4) is 0 Å². The Kier molecular flexibility index (Phi) is 3.42. The first-order valence-electron chi connectivity index (χ1n) is 5.95. The van der Waals surface area contributed by atoms with Gasteiger partial charge in [-0.25, -0.2) is 4.98 Å². The first-order chi connectivity index (χ1) is 8.22. The number of nitrogens with one attached hydrogen (secondary N) is 1. The molecule has 0 saturated carbocycles. The fourth-order valence-corrected chi connectivity index (χ4v) is 1.73. The van der Waals surface area contributed by atoms with Crippen molar-refractivity contribution in [2.75, 3.05) is 6.54 Å². The maximum Gasteiger partial charge on any atom is 0.271 e. The highest BCUT2D eigenvalue weighted by atomic mass is 16.1. The molecule has 2 rings (SSSR count). The number of carbonyl (C=O) groups excluding carboxylic acids is 1. The fourth-order valence-electron chi connectivity index (χ4n) is 1.73. The van der Waals surface area contributed by atoms with E-state index in [1.165, 1.54) is 0 Å². The van der Waals surface area contributed by atoms with Crippen LogP contribution in [0, 0.1) is 6.92 Å². The molecule has 4 nitrogen and oxygen atoms in total. The molecule has 0 unspecified atom stereocenters. The lowest BCUT2D eigenvalue weighted by atomic mass is 10.3. The van der Waals surface area contributed by atoms with Crippen LogP contribution >= 0.6 is 0 Å². The van der Waals surface area contributed by atoms with Crippen molar-refractivity contribution < 1.29 is 4.79 Å². The second kappa shape index (κ2) is 4.99. The number of imidazole rings is 1. The topological polar surface area (TPSA) is 46.4 Å². The number of rotatable bonds is 4. The van der Waals surface area contributed by atoms with Crippen molar-refractivity contribution in [1.82, 2.24) is 14.7 Å². The van der Waals surface area contributed by atoms with E-state index in [4.69, 9.17) is 0 Å². The van der Waals surface area contributed by atoms with Crippen LogP contribution in [0.1, 0.15) is 35.9 Å². The van der Waals surface area contributed by atoms with E-state index in [0.717, 1.165) is 24.2 Å². The maximum atomic E-state index is 11.8. The Morgan fingerprint density at radius 1 is 1.47 bits per heavy atom. The van der Waals surface area contributed by atoms with Gasteiger partial charge in [-0.05, 0) is 25.5 Å². The minimum Gasteiger partial charge on any atom is -0.351 e. The molecule has 2 heterocycles. The van der Waals surface area contributed by atoms with E-state index >= 15 is 0 Å². The molecule has 17 heavy (non-hydrogen) atoms. The predicted molar refractivity (Wildman–Crippen MR) is 67.2 cm³/mol. The summed E-state index contributed by atoms with van der Waals surface area (Å²) in [6, 6.07) is 5.83. The van der Waals surface area contributed by atoms with Crippen LogP contribution in [-0.2, 0) is 0 Å². The summed E-state index contributed by atoms with van der Waals surface area (Å²) in [6.45, 7) is 4.80. The van der Waals surface area contributed by atoms with Crippen LogP contribution in [0.5, 0.6) is 0 Å². The van der Waals surface area contributed by atoms with Crippen LogP contribution in [0.4, 0.5) is 0 Å². The van der Waals surface area contributed by atoms with Crippen molar-refractivity contribution in [1.29, 1.82) is 0 Å². The summed E-state index contributed by atoms with van der Waals surface area (Å²) in [5.74, 6) is -0.0958. The molecule has 0 aromatic carbocycles. The molecule has 0 radical (unpaired) electrons. The van der Waals surface area contributed by atoms with Crippen molar-refractivity contribution in [3.05, 3.63) is 35.8 Å². The largest absolute Gasteiger partial charge is 0.351 e. The van der Waals surface area contributed by atoms with E-state index in [1.54, 1.807) is 6.20 Å². The van der Waals surface area contributed by atoms with Gasteiger partial charge in [0.1, 0.15) is 11.3 Å². The number of hydrogen-bond donors (Lipinski definition) is 1. The van der Waals surface area contributed by atoms with Crippen LogP contribution in [0.25, 0.3) is 5.65 Å². The van der Waals surface area contributed by atoms with Crippen molar-refractivity contribution in [2.45, 2.75) is 26.7 Å². The molecule has 0 atom stereocenters. The predicted octanol–water partition coefficient (Wildman–Crippen LogP) is 2.17. The number of aryl methyl sites for hydroxylation is 1. The third-order valence-corrected chi connectivity index (χ3v) is 2.74. The monoisotopic (exact) mass is 231 g/mol. The number of nitrogens with zero attached hydrogens (tertiary/aromatic N) is 2. The molecule has 0 aliphatic carbocycles. The average molecular weight is 231 g/mol. The van der Waals surface area contributed by atoms with Gasteiger partial charge in [0.05, 0.1) is 0 Å². The second-order valence-corrected chi connectivity index (χ2v) is 4.13. The Morgan fingerprint density at radius 2 is 2.29 bits per heavy atom. The van der Waals surface area contributed by atoms with Crippen LogP contribution in [-0.4, -0.2) is 21.8 Å². The van der Waals surface area contributed by atoms with E-state index in [0.29, 0.717) is 12.2 Å². The van der Waals surface area contributed by atoms with Crippen molar-refractivity contribution in [3.63, 3.8) is 0 Å². The summed E-state index contributed by atoms with van der Waals surface area (Å²) in [7, 11) is 0. The smallest absolute Gasteiger partial charge is 0.271 e. The van der Waals surface area contributed by atoms with Crippen molar-refractivity contribution in [3.8, 4) is 0 Å². The van der Waals surface area contributed by atoms with E-state index in [-0.39, 0.29) is 5.91 Å². The van der Waals surface area contributed by atoms with Gasteiger partial charge in [0.2, 0.25) is 0 Å². The third kappa shape index (κ3) is 2.46. The van der Waals surface area contributed by atoms with Crippen molar-refractivity contribution >= 4 is 11.6 Å². The van der Waals surface area contributed by atoms with E-state index in [2.05, 4.69) is 17.2 Å². The van der Waals surface area contributed by atoms with E-state index in [1.807, 2.05) is 29.5 Å². The molecular weight excluding hydrogens is 214 g/mol. The highest BCUT2D eigenvalue weighted by Crippen LogP contribution is 2.08. The zero-order valence-corrected chi connectivity index (χ0v) is 10.2. The Hall–Kier alpha value is -1.84. The molecule has 1 amide bonds. The Bertz CT molecular complexity index is 530. The molecular formula is C13H17N3O. The Balaban J connectivity index is 2.19. The molecule has 2 aromatic rings. The molecule has 0 fully saturated rings. The van der Waals surface area contributed by atoms with Gasteiger partial charge in [0.25, 0.3) is 5.91 Å². The fraction of sp³-hybridized carbons (Fsp3) is 0.385. The molecule has 2 aromatic heterocycles. The molecule has 0 bridgehead atoms. The number of hydrogen-bond acceptors (Lipinski definition) is 2. The molecule has 0 spiro atoms. The lowest BCUT2D eigenvalue weighted by molar-refractivity contribution is 0.0949. The zero-order valence-electron chi connectivity index (χ0n) is 10.2. The van der Waals surface area contributed by atoms with Gasteiger partial charge in [-0.15, -0.1) is 0 Å². The number of amides is 1. The van der Waals surface area contributed by atoms with E-state index in [9.17, 15) is 4.79 Å². The molecule has 90 valence electrons. The zero-order chi connectivity index (χ0) is 12.3. The number of unbranched alkanes of at least 4 members (excludes halogenated alkanes) is 1.